The van der Waals surface area contributed by atoms with E-state index >= 15 is 0 Å². The Kier molecular flexibility index (Phi) is 14.2. The third kappa shape index (κ3) is 18.0. The second-order valence-corrected chi connectivity index (χ2v) is 0.964. The zero-order chi connectivity index (χ0) is 5.86. The number of aliphatic carboxylic acids is 2. The quantitative estimate of drug-likeness (QED) is 0.498. The molecule has 0 bridgehead atoms. The maximum absolute atomic E-state index is 9.43. The fourth-order valence-electron chi connectivity index (χ4n) is 0.129. The van der Waals surface area contributed by atoms with Crippen LogP contribution in [0, 0.1) is 0 Å². The zero-order valence-corrected chi connectivity index (χ0v) is 5.90. The van der Waals surface area contributed by atoms with Crippen molar-refractivity contribution in [2.75, 3.05) is 0 Å². The Bertz CT molecular complexity index is 90.0. The third-order valence-corrected chi connectivity index (χ3v) is 0.302. The number of carbonyl (C=O) groups is 2. The fraction of sp³-hybridized carbons (Fsp3) is 0.333. The summed E-state index contributed by atoms with van der Waals surface area (Å²) in [5, 5.41) is 15.4. The number of carboxylic acids is 2. The molecule has 0 aromatic heterocycles. The van der Waals surface area contributed by atoms with Gasteiger partial charge in [0.1, 0.15) is 6.42 Å². The van der Waals surface area contributed by atoms with Gasteiger partial charge < -0.3 is 10.2 Å². The second kappa shape index (κ2) is 7.98. The van der Waals surface area contributed by atoms with Crippen LogP contribution in [-0.2, 0) is 43.7 Å². The van der Waals surface area contributed by atoms with Crippen molar-refractivity contribution >= 4 is 11.9 Å². The minimum absolute atomic E-state index is 0. The van der Waals surface area contributed by atoms with Crippen molar-refractivity contribution in [2.45, 2.75) is 6.42 Å². The normalized spacial score (nSPS) is 6.22. The topological polar surface area (TPSA) is 74.6 Å². The van der Waals surface area contributed by atoms with Crippen LogP contribution in [0.1, 0.15) is 6.42 Å². The van der Waals surface area contributed by atoms with Crippen LogP contribution >= 0.6 is 0 Å². The number of hydrogen-bond donors (Lipinski definition) is 2. The Morgan fingerprint density at radius 2 is 1.22 bits per heavy atom. The van der Waals surface area contributed by atoms with Gasteiger partial charge in [0, 0.05) is 34.1 Å². The molecular formula is C3H4Cu2O4. The number of hydrogen-bond acceptors (Lipinski definition) is 2. The van der Waals surface area contributed by atoms with E-state index in [1.165, 1.54) is 0 Å². The molecule has 4 nitrogen and oxygen atoms in total. The molecule has 9 heavy (non-hydrogen) atoms. The molecular weight excluding hydrogens is 227 g/mol. The van der Waals surface area contributed by atoms with E-state index in [9.17, 15) is 9.59 Å². The van der Waals surface area contributed by atoms with E-state index in [1.807, 2.05) is 0 Å². The van der Waals surface area contributed by atoms with Gasteiger partial charge in [-0.3, -0.25) is 9.59 Å². The average Bonchev–Trinajstić information content (AvgIpc) is 1.27. The Hall–Kier alpha value is -0.0210. The van der Waals surface area contributed by atoms with Crippen molar-refractivity contribution in [3.05, 3.63) is 0 Å². The molecule has 0 heterocycles. The molecule has 0 aliphatic rings. The molecule has 0 atom stereocenters. The van der Waals surface area contributed by atoms with Gasteiger partial charge in [-0.25, -0.2) is 0 Å². The van der Waals surface area contributed by atoms with Gasteiger partial charge in [0.2, 0.25) is 0 Å². The number of rotatable bonds is 2. The van der Waals surface area contributed by atoms with Crippen LogP contribution in [0.2, 0.25) is 0 Å². The van der Waals surface area contributed by atoms with Crippen LogP contribution in [-0.4, -0.2) is 22.2 Å². The van der Waals surface area contributed by atoms with E-state index in [0.717, 1.165) is 0 Å². The van der Waals surface area contributed by atoms with Crippen LogP contribution in [0.3, 0.4) is 0 Å². The van der Waals surface area contributed by atoms with Gasteiger partial charge in [0.25, 0.3) is 0 Å². The van der Waals surface area contributed by atoms with Crippen LogP contribution in [0.5, 0.6) is 0 Å². The Labute approximate surface area is 72.6 Å². The fourth-order valence-corrected chi connectivity index (χ4v) is 0.129. The summed E-state index contributed by atoms with van der Waals surface area (Å²) in [5.41, 5.74) is 0. The van der Waals surface area contributed by atoms with Crippen molar-refractivity contribution in [2.24, 2.45) is 0 Å². The molecule has 0 unspecified atom stereocenters. The van der Waals surface area contributed by atoms with Crippen LogP contribution < -0.4 is 0 Å². The largest absolute Gasteiger partial charge is 0.481 e. The van der Waals surface area contributed by atoms with Crippen molar-refractivity contribution in [1.29, 1.82) is 0 Å². The standard InChI is InChI=1S/C3H4O4.2Cu/c4-2(5)1-3(6)7;;/h1H2,(H,4,5)(H,6,7);;. The van der Waals surface area contributed by atoms with E-state index in [2.05, 4.69) is 0 Å². The van der Waals surface area contributed by atoms with Crippen molar-refractivity contribution in [1.82, 2.24) is 0 Å². The first-order valence-corrected chi connectivity index (χ1v) is 1.56. The molecule has 0 aliphatic carbocycles. The summed E-state index contributed by atoms with van der Waals surface area (Å²) >= 11 is 0. The molecule has 0 rings (SSSR count). The first-order valence-electron chi connectivity index (χ1n) is 1.56. The third-order valence-electron chi connectivity index (χ3n) is 0.302. The molecule has 0 aliphatic heterocycles. The van der Waals surface area contributed by atoms with Crippen molar-refractivity contribution in [3.63, 3.8) is 0 Å². The minimum atomic E-state index is -1.31. The average molecular weight is 231 g/mol. The van der Waals surface area contributed by atoms with E-state index in [-0.39, 0.29) is 34.1 Å². The molecule has 0 saturated heterocycles. The Morgan fingerprint density at radius 3 is 1.22 bits per heavy atom. The minimum Gasteiger partial charge on any atom is -0.481 e. The van der Waals surface area contributed by atoms with Crippen LogP contribution in [0.25, 0.3) is 0 Å². The molecule has 0 spiro atoms. The maximum Gasteiger partial charge on any atom is 0.314 e. The summed E-state index contributed by atoms with van der Waals surface area (Å²) in [6.45, 7) is 0. The van der Waals surface area contributed by atoms with Gasteiger partial charge in [-0.15, -0.1) is 0 Å². The number of carboxylic acid groups (broad SMARTS) is 2. The molecule has 0 amide bonds. The molecule has 0 saturated carbocycles. The van der Waals surface area contributed by atoms with Gasteiger partial charge in [0.15, 0.2) is 0 Å². The van der Waals surface area contributed by atoms with Crippen molar-refractivity contribution in [3.8, 4) is 0 Å². The molecule has 62 valence electrons. The second-order valence-electron chi connectivity index (χ2n) is 0.964. The first kappa shape index (κ1) is 16.0. The summed E-state index contributed by atoms with van der Waals surface area (Å²) in [5.74, 6) is -2.62. The Balaban J connectivity index is -0.000000180. The Morgan fingerprint density at radius 1 is 1.00 bits per heavy atom. The summed E-state index contributed by atoms with van der Waals surface area (Å²) in [4.78, 5) is 18.9. The SMILES string of the molecule is O=C(O)CC(=O)O.[Cu].[Cu]. The summed E-state index contributed by atoms with van der Waals surface area (Å²) in [6, 6.07) is 0. The van der Waals surface area contributed by atoms with Crippen LogP contribution in [0.4, 0.5) is 0 Å². The smallest absolute Gasteiger partial charge is 0.314 e. The predicted molar refractivity (Wildman–Crippen MR) is 19.9 cm³/mol. The van der Waals surface area contributed by atoms with Crippen LogP contribution in [0.15, 0.2) is 0 Å². The van der Waals surface area contributed by atoms with E-state index < -0.39 is 18.4 Å². The van der Waals surface area contributed by atoms with Gasteiger partial charge in [-0.1, -0.05) is 0 Å². The molecule has 0 fully saturated rings. The van der Waals surface area contributed by atoms with E-state index in [0.29, 0.717) is 0 Å². The predicted octanol–water partition coefficient (Wildman–Crippen LogP) is -0.459. The molecule has 6 heteroatoms. The van der Waals surface area contributed by atoms with Gasteiger partial charge in [-0.2, -0.15) is 0 Å². The summed E-state index contributed by atoms with van der Waals surface area (Å²) < 4.78 is 0. The summed E-state index contributed by atoms with van der Waals surface area (Å²) in [6.07, 6.45) is -0.806. The molecule has 2 radical (unpaired) electrons. The molecule has 2 N–H and O–H groups in total. The monoisotopic (exact) mass is 230 g/mol. The maximum atomic E-state index is 9.43. The van der Waals surface area contributed by atoms with Crippen molar-refractivity contribution < 1.29 is 53.9 Å². The van der Waals surface area contributed by atoms with Gasteiger partial charge in [0.05, 0.1) is 0 Å². The van der Waals surface area contributed by atoms with Gasteiger partial charge >= 0.3 is 11.9 Å². The van der Waals surface area contributed by atoms with E-state index in [4.69, 9.17) is 10.2 Å². The molecule has 0 aromatic rings. The molecule has 0 aromatic carbocycles. The van der Waals surface area contributed by atoms with Gasteiger partial charge in [-0.05, 0) is 0 Å². The first-order chi connectivity index (χ1) is 3.13. The van der Waals surface area contributed by atoms with E-state index in [1.54, 1.807) is 0 Å². The zero-order valence-electron chi connectivity index (χ0n) is 4.02. The summed E-state index contributed by atoms with van der Waals surface area (Å²) in [7, 11) is 0.